The maximum absolute atomic E-state index is 11.2. The molecular formula is C10H9ClN2O2. The Bertz CT molecular complexity index is 412. The van der Waals surface area contributed by atoms with Crippen LogP contribution in [0.15, 0.2) is 12.3 Å². The third-order valence-corrected chi connectivity index (χ3v) is 2.08. The van der Waals surface area contributed by atoms with E-state index in [0.29, 0.717) is 17.7 Å². The number of hydrogen-bond acceptors (Lipinski definition) is 4. The van der Waals surface area contributed by atoms with Crippen molar-refractivity contribution in [1.29, 1.82) is 5.26 Å². The third-order valence-electron chi connectivity index (χ3n) is 1.75. The molecule has 4 nitrogen and oxygen atoms in total. The number of aromatic nitrogens is 1. The maximum atomic E-state index is 11.2. The van der Waals surface area contributed by atoms with Gasteiger partial charge in [0.05, 0.1) is 24.7 Å². The van der Waals surface area contributed by atoms with Gasteiger partial charge in [0, 0.05) is 11.8 Å². The number of nitrogens with zero attached hydrogens (tertiary/aromatic N) is 2. The molecule has 0 unspecified atom stereocenters. The second-order valence-electron chi connectivity index (χ2n) is 2.72. The molecule has 5 heteroatoms. The molecule has 0 aliphatic heterocycles. The largest absolute Gasteiger partial charge is 0.466 e. The lowest BCUT2D eigenvalue weighted by Gasteiger charge is -2.04. The van der Waals surface area contributed by atoms with E-state index in [9.17, 15) is 4.79 Å². The molecular weight excluding hydrogens is 216 g/mol. The lowest BCUT2D eigenvalue weighted by Crippen LogP contribution is -2.09. The summed E-state index contributed by atoms with van der Waals surface area (Å²) in [6.07, 6.45) is 1.40. The van der Waals surface area contributed by atoms with E-state index in [-0.39, 0.29) is 11.6 Å². The molecule has 0 bridgehead atoms. The normalized spacial score (nSPS) is 9.40. The van der Waals surface area contributed by atoms with Crippen LogP contribution in [0.2, 0.25) is 5.15 Å². The lowest BCUT2D eigenvalue weighted by molar-refractivity contribution is -0.142. The molecule has 0 spiro atoms. The SMILES string of the molecule is CCOC(=O)Cc1c(C#N)ccnc1Cl. The Balaban J connectivity index is 2.94. The van der Waals surface area contributed by atoms with Crippen LogP contribution in [0.5, 0.6) is 0 Å². The van der Waals surface area contributed by atoms with E-state index in [2.05, 4.69) is 4.98 Å². The highest BCUT2D eigenvalue weighted by atomic mass is 35.5. The van der Waals surface area contributed by atoms with Crippen molar-refractivity contribution in [2.45, 2.75) is 13.3 Å². The summed E-state index contributed by atoms with van der Waals surface area (Å²) in [5.41, 5.74) is 0.767. The minimum atomic E-state index is -0.413. The number of carbonyl (C=O) groups excluding carboxylic acids is 1. The van der Waals surface area contributed by atoms with Gasteiger partial charge in [-0.25, -0.2) is 4.98 Å². The number of rotatable bonds is 3. The standard InChI is InChI=1S/C10H9ClN2O2/c1-2-15-9(14)5-8-7(6-12)3-4-13-10(8)11/h3-4H,2,5H2,1H3. The van der Waals surface area contributed by atoms with Crippen molar-refractivity contribution in [1.82, 2.24) is 4.98 Å². The van der Waals surface area contributed by atoms with E-state index < -0.39 is 5.97 Å². The van der Waals surface area contributed by atoms with Crippen molar-refractivity contribution in [3.05, 3.63) is 28.5 Å². The fraction of sp³-hybridized carbons (Fsp3) is 0.300. The summed E-state index contributed by atoms with van der Waals surface area (Å²) in [5.74, 6) is -0.413. The Hall–Kier alpha value is -1.60. The molecule has 0 atom stereocenters. The minimum absolute atomic E-state index is 0.0244. The van der Waals surface area contributed by atoms with Gasteiger partial charge in [-0.05, 0) is 13.0 Å². The zero-order chi connectivity index (χ0) is 11.3. The Morgan fingerprint density at radius 2 is 2.47 bits per heavy atom. The summed E-state index contributed by atoms with van der Waals surface area (Å²) in [5, 5.41) is 8.97. The van der Waals surface area contributed by atoms with Crippen LogP contribution in [-0.4, -0.2) is 17.6 Å². The fourth-order valence-corrected chi connectivity index (χ4v) is 1.32. The van der Waals surface area contributed by atoms with Crippen molar-refractivity contribution in [3.8, 4) is 6.07 Å². The topological polar surface area (TPSA) is 63.0 Å². The average molecular weight is 225 g/mol. The number of esters is 1. The predicted octanol–water partition coefficient (Wildman–Crippen LogP) is 1.71. The summed E-state index contributed by atoms with van der Waals surface area (Å²) < 4.78 is 4.77. The molecule has 1 aromatic rings. The highest BCUT2D eigenvalue weighted by Gasteiger charge is 2.12. The van der Waals surface area contributed by atoms with Crippen LogP contribution in [0.1, 0.15) is 18.1 Å². The molecule has 0 N–H and O–H groups in total. The zero-order valence-electron chi connectivity index (χ0n) is 8.16. The Morgan fingerprint density at radius 3 is 3.07 bits per heavy atom. The van der Waals surface area contributed by atoms with Gasteiger partial charge in [-0.3, -0.25) is 4.79 Å². The quantitative estimate of drug-likeness (QED) is 0.579. The predicted molar refractivity (Wildman–Crippen MR) is 54.3 cm³/mol. The van der Waals surface area contributed by atoms with E-state index >= 15 is 0 Å². The van der Waals surface area contributed by atoms with Gasteiger partial charge in [0.2, 0.25) is 0 Å². The zero-order valence-corrected chi connectivity index (χ0v) is 8.91. The number of pyridine rings is 1. The van der Waals surface area contributed by atoms with Crippen LogP contribution in [-0.2, 0) is 16.0 Å². The number of halogens is 1. The molecule has 1 rings (SSSR count). The van der Waals surface area contributed by atoms with Crippen LogP contribution < -0.4 is 0 Å². The summed E-state index contributed by atoms with van der Waals surface area (Å²) >= 11 is 5.78. The van der Waals surface area contributed by atoms with Gasteiger partial charge in [-0.15, -0.1) is 0 Å². The van der Waals surface area contributed by atoms with E-state index in [1.807, 2.05) is 6.07 Å². The van der Waals surface area contributed by atoms with Gasteiger partial charge in [-0.2, -0.15) is 5.26 Å². The smallest absolute Gasteiger partial charge is 0.310 e. The molecule has 15 heavy (non-hydrogen) atoms. The summed E-state index contributed by atoms with van der Waals surface area (Å²) in [6.45, 7) is 2.02. The molecule has 0 amide bonds. The van der Waals surface area contributed by atoms with Gasteiger partial charge in [0.15, 0.2) is 0 Å². The van der Waals surface area contributed by atoms with Crippen LogP contribution in [0.25, 0.3) is 0 Å². The molecule has 1 aromatic heterocycles. The van der Waals surface area contributed by atoms with E-state index in [4.69, 9.17) is 21.6 Å². The summed E-state index contributed by atoms with van der Waals surface area (Å²) in [4.78, 5) is 15.0. The number of hydrogen-bond donors (Lipinski definition) is 0. The van der Waals surface area contributed by atoms with Gasteiger partial charge >= 0.3 is 5.97 Å². The van der Waals surface area contributed by atoms with Gasteiger partial charge in [-0.1, -0.05) is 11.6 Å². The summed E-state index contributed by atoms with van der Waals surface area (Å²) in [6, 6.07) is 3.47. The maximum Gasteiger partial charge on any atom is 0.310 e. The average Bonchev–Trinajstić information content (AvgIpc) is 2.21. The van der Waals surface area contributed by atoms with Crippen molar-refractivity contribution >= 4 is 17.6 Å². The second kappa shape index (κ2) is 5.32. The first-order valence-corrected chi connectivity index (χ1v) is 4.76. The van der Waals surface area contributed by atoms with E-state index in [1.54, 1.807) is 6.92 Å². The first-order chi connectivity index (χ1) is 7.19. The lowest BCUT2D eigenvalue weighted by atomic mass is 10.1. The molecule has 0 aliphatic rings. The van der Waals surface area contributed by atoms with Crippen molar-refractivity contribution < 1.29 is 9.53 Å². The molecule has 0 fully saturated rings. The molecule has 0 aliphatic carbocycles. The Labute approximate surface area is 92.4 Å². The van der Waals surface area contributed by atoms with Crippen LogP contribution in [0, 0.1) is 11.3 Å². The first kappa shape index (κ1) is 11.5. The third kappa shape index (κ3) is 2.93. The minimum Gasteiger partial charge on any atom is -0.466 e. The Kier molecular flexibility index (Phi) is 4.07. The first-order valence-electron chi connectivity index (χ1n) is 4.38. The Morgan fingerprint density at radius 1 is 1.73 bits per heavy atom. The van der Waals surface area contributed by atoms with Crippen molar-refractivity contribution in [2.24, 2.45) is 0 Å². The molecule has 0 aromatic carbocycles. The van der Waals surface area contributed by atoms with Gasteiger partial charge in [0.1, 0.15) is 5.15 Å². The van der Waals surface area contributed by atoms with Crippen molar-refractivity contribution in [2.75, 3.05) is 6.61 Å². The molecule has 0 saturated heterocycles. The van der Waals surface area contributed by atoms with Gasteiger partial charge < -0.3 is 4.74 Å². The molecule has 0 radical (unpaired) electrons. The second-order valence-corrected chi connectivity index (χ2v) is 3.08. The highest BCUT2D eigenvalue weighted by Crippen LogP contribution is 2.17. The van der Waals surface area contributed by atoms with Gasteiger partial charge in [0.25, 0.3) is 0 Å². The van der Waals surface area contributed by atoms with E-state index in [0.717, 1.165) is 0 Å². The van der Waals surface area contributed by atoms with Crippen LogP contribution in [0.3, 0.4) is 0 Å². The number of carbonyl (C=O) groups is 1. The monoisotopic (exact) mass is 224 g/mol. The highest BCUT2D eigenvalue weighted by molar-refractivity contribution is 6.30. The van der Waals surface area contributed by atoms with Crippen LogP contribution in [0.4, 0.5) is 0 Å². The molecule has 78 valence electrons. The van der Waals surface area contributed by atoms with Crippen LogP contribution >= 0.6 is 11.6 Å². The molecule has 0 saturated carbocycles. The summed E-state index contributed by atoms with van der Waals surface area (Å²) in [7, 11) is 0. The molecule has 1 heterocycles. The number of ether oxygens (including phenoxy) is 1. The number of nitriles is 1. The van der Waals surface area contributed by atoms with Crippen molar-refractivity contribution in [3.63, 3.8) is 0 Å². The fourth-order valence-electron chi connectivity index (χ4n) is 1.10. The van der Waals surface area contributed by atoms with E-state index in [1.165, 1.54) is 12.3 Å².